The molecule has 0 unspecified atom stereocenters. The summed E-state index contributed by atoms with van der Waals surface area (Å²) in [5.74, 6) is 0.156. The van der Waals surface area contributed by atoms with E-state index >= 15 is 0 Å². The first-order valence-corrected chi connectivity index (χ1v) is 12.6. The minimum atomic E-state index is -0.468. The average Bonchev–Trinajstić information content (AvgIpc) is 3.08. The molecular weight excluding hydrogens is 478 g/mol. The van der Waals surface area contributed by atoms with Gasteiger partial charge in [-0.05, 0) is 62.9 Å². The zero-order valence-corrected chi connectivity index (χ0v) is 22.3. The Balaban J connectivity index is 1.71. The maximum Gasteiger partial charge on any atom is 0.295 e. The average molecular weight is 512 g/mol. The predicted octanol–water partition coefficient (Wildman–Crippen LogP) is 6.04. The topological polar surface area (TPSA) is 82.3 Å². The lowest BCUT2D eigenvalue weighted by Crippen LogP contribution is -2.26. The van der Waals surface area contributed by atoms with Crippen molar-refractivity contribution in [2.75, 3.05) is 11.9 Å². The zero-order valence-electron chi connectivity index (χ0n) is 21.6. The van der Waals surface area contributed by atoms with Gasteiger partial charge in [0.05, 0.1) is 23.6 Å². The molecular formula is C28H34ClN3O4. The highest BCUT2D eigenvalue weighted by atomic mass is 35.5. The van der Waals surface area contributed by atoms with Crippen molar-refractivity contribution in [2.45, 2.75) is 60.4 Å². The van der Waals surface area contributed by atoms with Gasteiger partial charge in [0.25, 0.3) is 5.56 Å². The van der Waals surface area contributed by atoms with Gasteiger partial charge in [0.1, 0.15) is 11.4 Å². The van der Waals surface area contributed by atoms with Crippen molar-refractivity contribution >= 4 is 29.0 Å². The Labute approximate surface area is 217 Å². The van der Waals surface area contributed by atoms with Gasteiger partial charge in [-0.15, -0.1) is 0 Å². The molecule has 2 aromatic carbocycles. The summed E-state index contributed by atoms with van der Waals surface area (Å²) in [7, 11) is 0. The molecule has 0 saturated heterocycles. The fourth-order valence-electron chi connectivity index (χ4n) is 4.29. The lowest BCUT2D eigenvalue weighted by Gasteiger charge is -2.23. The number of hydrogen-bond acceptors (Lipinski definition) is 4. The van der Waals surface area contributed by atoms with Crippen LogP contribution in [0.4, 0.5) is 5.69 Å². The SMILES string of the molecule is CCOc1ccc(Cl)cc1C(=O)CCC(C)(C)CC(=O)Nc1c(C)n(CC)n(-c2ccccc2)c1=O. The summed E-state index contributed by atoms with van der Waals surface area (Å²) >= 11 is 6.10. The number of nitrogens with zero attached hydrogens (tertiary/aromatic N) is 2. The second-order valence-corrected chi connectivity index (χ2v) is 9.95. The van der Waals surface area contributed by atoms with Gasteiger partial charge in [-0.1, -0.05) is 43.6 Å². The van der Waals surface area contributed by atoms with E-state index in [1.807, 2.05) is 69.6 Å². The van der Waals surface area contributed by atoms with E-state index in [1.54, 1.807) is 22.9 Å². The van der Waals surface area contributed by atoms with Gasteiger partial charge < -0.3 is 10.1 Å². The molecule has 0 spiro atoms. The third-order valence-corrected chi connectivity index (χ3v) is 6.41. The number of carbonyl (C=O) groups is 2. The number of anilines is 1. The maximum absolute atomic E-state index is 13.2. The lowest BCUT2D eigenvalue weighted by molar-refractivity contribution is -0.118. The molecule has 3 aromatic rings. The van der Waals surface area contributed by atoms with E-state index in [-0.39, 0.29) is 35.8 Å². The number of ketones is 1. The quantitative estimate of drug-likeness (QED) is 0.318. The Morgan fingerprint density at radius 3 is 2.42 bits per heavy atom. The van der Waals surface area contributed by atoms with Crippen LogP contribution in [0.15, 0.2) is 53.3 Å². The summed E-state index contributed by atoms with van der Waals surface area (Å²) < 4.78 is 9.00. The third kappa shape index (κ3) is 6.26. The molecule has 0 radical (unpaired) electrons. The van der Waals surface area contributed by atoms with Gasteiger partial charge in [-0.25, -0.2) is 4.68 Å². The summed E-state index contributed by atoms with van der Waals surface area (Å²) in [5.41, 5.74) is 1.41. The largest absolute Gasteiger partial charge is 0.493 e. The Hall–Kier alpha value is -3.32. The van der Waals surface area contributed by atoms with Gasteiger partial charge >= 0.3 is 0 Å². The van der Waals surface area contributed by atoms with Crippen molar-refractivity contribution in [1.82, 2.24) is 9.36 Å². The normalized spacial score (nSPS) is 11.4. The number of para-hydroxylation sites is 1. The van der Waals surface area contributed by atoms with Gasteiger partial charge in [0, 0.05) is 24.4 Å². The summed E-state index contributed by atoms with van der Waals surface area (Å²) in [6.07, 6.45) is 0.892. The number of nitrogens with one attached hydrogen (secondary N) is 1. The van der Waals surface area contributed by atoms with Gasteiger partial charge in [-0.2, -0.15) is 0 Å². The monoisotopic (exact) mass is 511 g/mol. The van der Waals surface area contributed by atoms with E-state index in [4.69, 9.17) is 16.3 Å². The summed E-state index contributed by atoms with van der Waals surface area (Å²) in [4.78, 5) is 39.1. The van der Waals surface area contributed by atoms with Crippen molar-refractivity contribution < 1.29 is 14.3 Å². The number of rotatable bonds is 11. The first-order valence-electron chi connectivity index (χ1n) is 12.2. The molecule has 0 saturated carbocycles. The first kappa shape index (κ1) is 27.3. The number of amides is 1. The number of halogens is 1. The Kier molecular flexibility index (Phi) is 8.79. The van der Waals surface area contributed by atoms with Gasteiger partial charge in [0.15, 0.2) is 5.78 Å². The molecule has 1 heterocycles. The van der Waals surface area contributed by atoms with Crippen molar-refractivity contribution in [1.29, 1.82) is 0 Å². The third-order valence-electron chi connectivity index (χ3n) is 6.17. The molecule has 0 bridgehead atoms. The highest BCUT2D eigenvalue weighted by molar-refractivity contribution is 6.31. The Morgan fingerprint density at radius 2 is 1.78 bits per heavy atom. The van der Waals surface area contributed by atoms with Crippen LogP contribution in [0.1, 0.15) is 63.0 Å². The zero-order chi connectivity index (χ0) is 26.5. The van der Waals surface area contributed by atoms with Crippen LogP contribution in [-0.2, 0) is 11.3 Å². The van der Waals surface area contributed by atoms with E-state index in [2.05, 4.69) is 5.32 Å². The number of ether oxygens (including phenoxy) is 1. The lowest BCUT2D eigenvalue weighted by atomic mass is 9.82. The number of benzene rings is 2. The van der Waals surface area contributed by atoms with Crippen LogP contribution in [0.25, 0.3) is 5.69 Å². The molecule has 192 valence electrons. The highest BCUT2D eigenvalue weighted by Crippen LogP contribution is 2.31. The van der Waals surface area contributed by atoms with Crippen molar-refractivity contribution in [3.8, 4) is 11.4 Å². The smallest absolute Gasteiger partial charge is 0.295 e. The van der Waals surface area contributed by atoms with Crippen molar-refractivity contribution in [3.05, 3.63) is 75.2 Å². The van der Waals surface area contributed by atoms with Gasteiger partial charge in [-0.3, -0.25) is 19.1 Å². The van der Waals surface area contributed by atoms with Crippen LogP contribution >= 0.6 is 11.6 Å². The second-order valence-electron chi connectivity index (χ2n) is 9.51. The van der Waals surface area contributed by atoms with Crippen LogP contribution in [0.3, 0.4) is 0 Å². The molecule has 1 N–H and O–H groups in total. The number of Topliss-reactive ketones (excluding diaryl/α,β-unsaturated/α-hetero) is 1. The number of hydrogen-bond donors (Lipinski definition) is 1. The van der Waals surface area contributed by atoms with E-state index in [9.17, 15) is 14.4 Å². The van der Waals surface area contributed by atoms with Crippen LogP contribution < -0.4 is 15.6 Å². The van der Waals surface area contributed by atoms with Crippen LogP contribution in [-0.4, -0.2) is 27.7 Å². The van der Waals surface area contributed by atoms with Crippen molar-refractivity contribution in [2.24, 2.45) is 5.41 Å². The maximum atomic E-state index is 13.2. The van der Waals surface area contributed by atoms with E-state index in [1.165, 1.54) is 0 Å². The summed E-state index contributed by atoms with van der Waals surface area (Å²) in [6.45, 7) is 10.5. The van der Waals surface area contributed by atoms with Crippen LogP contribution in [0, 0.1) is 12.3 Å². The Bertz CT molecular complexity index is 1290. The minimum Gasteiger partial charge on any atom is -0.493 e. The van der Waals surface area contributed by atoms with Crippen LogP contribution in [0.5, 0.6) is 5.75 Å². The minimum absolute atomic E-state index is 0.0870. The second kappa shape index (κ2) is 11.6. The molecule has 7 nitrogen and oxygen atoms in total. The van der Waals surface area contributed by atoms with Crippen molar-refractivity contribution in [3.63, 3.8) is 0 Å². The molecule has 0 fully saturated rings. The first-order chi connectivity index (χ1) is 17.1. The van der Waals surface area contributed by atoms with E-state index in [0.717, 1.165) is 5.69 Å². The van der Waals surface area contributed by atoms with E-state index < -0.39 is 5.41 Å². The standard InChI is InChI=1S/C28H34ClN3O4/c1-6-31-19(3)26(27(35)32(31)21-11-9-8-10-12-21)30-25(34)18-28(4,5)16-15-23(33)22-17-20(29)13-14-24(22)36-7-2/h8-14,17H,6-7,15-16,18H2,1-5H3,(H,30,34). The summed E-state index contributed by atoms with van der Waals surface area (Å²) in [5, 5.41) is 3.31. The number of carbonyl (C=O) groups excluding carboxylic acids is 2. The van der Waals surface area contributed by atoms with Crippen LogP contribution in [0.2, 0.25) is 5.02 Å². The predicted molar refractivity (Wildman–Crippen MR) is 144 cm³/mol. The summed E-state index contributed by atoms with van der Waals surface area (Å²) in [6, 6.07) is 14.3. The Morgan fingerprint density at radius 1 is 1.08 bits per heavy atom. The molecule has 8 heteroatoms. The fraction of sp³-hybridized carbons (Fsp3) is 0.393. The van der Waals surface area contributed by atoms with Gasteiger partial charge in [0.2, 0.25) is 5.91 Å². The number of aromatic nitrogens is 2. The molecule has 1 aromatic heterocycles. The molecule has 1 amide bonds. The fourth-order valence-corrected chi connectivity index (χ4v) is 4.46. The molecule has 0 aliphatic carbocycles. The molecule has 0 atom stereocenters. The molecule has 0 aliphatic rings. The molecule has 36 heavy (non-hydrogen) atoms. The molecule has 3 rings (SSSR count). The molecule has 0 aliphatic heterocycles. The highest BCUT2D eigenvalue weighted by Gasteiger charge is 2.26. The van der Waals surface area contributed by atoms with E-state index in [0.29, 0.717) is 41.6 Å².